The number of carbonyl (C=O) groups is 2. The van der Waals surface area contributed by atoms with E-state index in [1.165, 1.54) is 0 Å². The predicted octanol–water partition coefficient (Wildman–Crippen LogP) is 2.12. The van der Waals surface area contributed by atoms with Gasteiger partial charge in [0.1, 0.15) is 0 Å². The van der Waals surface area contributed by atoms with E-state index in [2.05, 4.69) is 0 Å². The maximum Gasteiger partial charge on any atom is 0.234 e. The minimum Gasteiger partial charge on any atom is -0.290 e. The van der Waals surface area contributed by atoms with Gasteiger partial charge in [0.15, 0.2) is 4.33 Å². The van der Waals surface area contributed by atoms with E-state index in [1.807, 2.05) is 0 Å². The Balaban J connectivity index is 2.35. The van der Waals surface area contributed by atoms with Crippen molar-refractivity contribution >= 4 is 34.8 Å². The number of alkyl halides is 2. The molecule has 13 heavy (non-hydrogen) atoms. The Labute approximate surface area is 86.6 Å². The molecule has 72 valence electrons. The van der Waals surface area contributed by atoms with E-state index in [4.69, 9.17) is 23.2 Å². The molecule has 0 spiro atoms. The fraction of sp³-hybridized carbons (Fsp3) is 0.778. The van der Waals surface area contributed by atoms with Crippen LogP contribution in [0.15, 0.2) is 0 Å². The summed E-state index contributed by atoms with van der Waals surface area (Å²) in [7, 11) is 0. The highest BCUT2D eigenvalue weighted by Crippen LogP contribution is 2.49. The lowest BCUT2D eigenvalue weighted by Crippen LogP contribution is -2.30. The van der Waals surface area contributed by atoms with Gasteiger partial charge in [-0.05, 0) is 12.8 Å². The Morgan fingerprint density at radius 1 is 1.15 bits per heavy atom. The number of hydrogen-bond acceptors (Lipinski definition) is 2. The van der Waals surface area contributed by atoms with E-state index < -0.39 is 10.1 Å². The highest BCUT2D eigenvalue weighted by atomic mass is 35.5. The molecule has 4 heteroatoms. The van der Waals surface area contributed by atoms with Crippen LogP contribution < -0.4 is 0 Å². The van der Waals surface area contributed by atoms with Crippen LogP contribution in [0.4, 0.5) is 0 Å². The first-order chi connectivity index (χ1) is 6.05. The molecule has 0 aromatic rings. The first-order valence-electron chi connectivity index (χ1n) is 4.51. The van der Waals surface area contributed by atoms with Gasteiger partial charge in [0.25, 0.3) is 0 Å². The maximum atomic E-state index is 11.4. The third-order valence-electron chi connectivity index (χ3n) is 3.09. The van der Waals surface area contributed by atoms with Crippen LogP contribution in [0.3, 0.4) is 0 Å². The van der Waals surface area contributed by atoms with Crippen molar-refractivity contribution in [3.8, 4) is 0 Å². The third-order valence-corrected chi connectivity index (χ3v) is 4.00. The zero-order chi connectivity index (χ0) is 9.64. The molecule has 0 aromatic heterocycles. The molecule has 2 nitrogen and oxygen atoms in total. The number of hydrogen-bond donors (Lipinski definition) is 0. The molecular formula is C9H10Cl2O2. The summed E-state index contributed by atoms with van der Waals surface area (Å²) >= 11 is 11.8. The molecule has 2 aliphatic carbocycles. The number of ketones is 2. The van der Waals surface area contributed by atoms with Crippen molar-refractivity contribution in [2.24, 2.45) is 11.8 Å². The normalized spacial score (nSPS) is 37.7. The first-order valence-corrected chi connectivity index (χ1v) is 5.27. The Hall–Kier alpha value is -0.0800. The molecule has 0 N–H and O–H groups in total. The van der Waals surface area contributed by atoms with Crippen LogP contribution in [0.2, 0.25) is 0 Å². The van der Waals surface area contributed by atoms with Gasteiger partial charge in [-0.2, -0.15) is 0 Å². The van der Waals surface area contributed by atoms with Crippen molar-refractivity contribution in [3.63, 3.8) is 0 Å². The second-order valence-electron chi connectivity index (χ2n) is 3.81. The van der Waals surface area contributed by atoms with E-state index in [-0.39, 0.29) is 17.6 Å². The minimum atomic E-state index is -1.43. The van der Waals surface area contributed by atoms with Gasteiger partial charge in [0.05, 0.1) is 0 Å². The van der Waals surface area contributed by atoms with Crippen molar-refractivity contribution in [3.05, 3.63) is 0 Å². The summed E-state index contributed by atoms with van der Waals surface area (Å²) in [5.74, 6) is -1.27. The fourth-order valence-corrected chi connectivity index (χ4v) is 3.09. The quantitative estimate of drug-likeness (QED) is 0.463. The van der Waals surface area contributed by atoms with Gasteiger partial charge in [-0.3, -0.25) is 9.59 Å². The Morgan fingerprint density at radius 3 is 2.38 bits per heavy atom. The minimum absolute atomic E-state index is 0.135. The van der Waals surface area contributed by atoms with Crippen molar-refractivity contribution in [2.45, 2.75) is 30.0 Å². The van der Waals surface area contributed by atoms with E-state index in [9.17, 15) is 9.59 Å². The van der Waals surface area contributed by atoms with Crippen LogP contribution >= 0.6 is 23.2 Å². The molecule has 0 radical (unpaired) electrons. The van der Waals surface area contributed by atoms with Crippen LogP contribution in [-0.2, 0) is 9.59 Å². The van der Waals surface area contributed by atoms with E-state index in [0.29, 0.717) is 0 Å². The number of halogens is 2. The van der Waals surface area contributed by atoms with Crippen molar-refractivity contribution < 1.29 is 9.59 Å². The van der Waals surface area contributed by atoms with E-state index in [0.717, 1.165) is 25.7 Å². The third kappa shape index (κ3) is 1.23. The van der Waals surface area contributed by atoms with Gasteiger partial charge in [-0.1, -0.05) is 36.0 Å². The topological polar surface area (TPSA) is 34.1 Å². The molecule has 2 fully saturated rings. The lowest BCUT2D eigenvalue weighted by molar-refractivity contribution is -0.136. The van der Waals surface area contributed by atoms with Gasteiger partial charge in [0, 0.05) is 11.8 Å². The smallest absolute Gasteiger partial charge is 0.234 e. The molecule has 0 bridgehead atoms. The van der Waals surface area contributed by atoms with Gasteiger partial charge < -0.3 is 0 Å². The van der Waals surface area contributed by atoms with Crippen LogP contribution in [0, 0.1) is 11.8 Å². The molecule has 0 aromatic carbocycles. The SMILES string of the molecule is O=C1C(=O)C(Cl)(Cl)C2CCCCC12. The summed E-state index contributed by atoms with van der Waals surface area (Å²) in [5.41, 5.74) is 0. The van der Waals surface area contributed by atoms with Crippen molar-refractivity contribution in [1.29, 1.82) is 0 Å². The number of Topliss-reactive ketones (excluding diaryl/α,β-unsaturated/α-hetero) is 2. The zero-order valence-electron chi connectivity index (χ0n) is 7.06. The second kappa shape index (κ2) is 2.96. The average molecular weight is 221 g/mol. The maximum absolute atomic E-state index is 11.4. The summed E-state index contributed by atoms with van der Waals surface area (Å²) in [6, 6.07) is 0. The molecule has 0 saturated heterocycles. The Morgan fingerprint density at radius 2 is 1.77 bits per heavy atom. The number of rotatable bonds is 0. The Kier molecular flexibility index (Phi) is 2.16. The lowest BCUT2D eigenvalue weighted by Gasteiger charge is -2.27. The zero-order valence-corrected chi connectivity index (χ0v) is 8.57. The van der Waals surface area contributed by atoms with E-state index >= 15 is 0 Å². The predicted molar refractivity (Wildman–Crippen MR) is 49.9 cm³/mol. The summed E-state index contributed by atoms with van der Waals surface area (Å²) in [4.78, 5) is 22.8. The summed E-state index contributed by atoms with van der Waals surface area (Å²) in [5, 5.41) is 0. The van der Waals surface area contributed by atoms with Crippen molar-refractivity contribution in [1.82, 2.24) is 0 Å². The molecule has 2 saturated carbocycles. The number of fused-ring (bicyclic) bond motifs is 1. The van der Waals surface area contributed by atoms with Gasteiger partial charge in [-0.25, -0.2) is 0 Å². The number of carbonyl (C=O) groups excluding carboxylic acids is 2. The van der Waals surface area contributed by atoms with E-state index in [1.54, 1.807) is 0 Å². The second-order valence-corrected chi connectivity index (χ2v) is 5.20. The molecule has 0 amide bonds. The Bertz CT molecular complexity index is 273. The van der Waals surface area contributed by atoms with Crippen LogP contribution in [0.1, 0.15) is 25.7 Å². The molecule has 2 aliphatic rings. The molecule has 2 unspecified atom stereocenters. The molecule has 2 atom stereocenters. The standard InChI is InChI=1S/C9H10Cl2O2/c10-9(11)6-4-2-1-3-5(6)7(12)8(9)13/h5-6H,1-4H2. The van der Waals surface area contributed by atoms with Crippen LogP contribution in [0.5, 0.6) is 0 Å². The largest absolute Gasteiger partial charge is 0.290 e. The monoisotopic (exact) mass is 220 g/mol. The highest BCUT2D eigenvalue weighted by Gasteiger charge is 2.58. The van der Waals surface area contributed by atoms with Gasteiger partial charge in [0.2, 0.25) is 11.6 Å². The fourth-order valence-electron chi connectivity index (χ4n) is 2.38. The summed E-state index contributed by atoms with van der Waals surface area (Å²) < 4.78 is -1.43. The van der Waals surface area contributed by atoms with Gasteiger partial charge >= 0.3 is 0 Å². The summed E-state index contributed by atoms with van der Waals surface area (Å²) in [6.45, 7) is 0. The average Bonchev–Trinajstić information content (AvgIpc) is 2.30. The molecule has 0 heterocycles. The molecular weight excluding hydrogens is 211 g/mol. The molecule has 0 aliphatic heterocycles. The highest BCUT2D eigenvalue weighted by molar-refractivity contribution is 6.69. The van der Waals surface area contributed by atoms with Crippen LogP contribution in [0.25, 0.3) is 0 Å². The molecule has 2 rings (SSSR count). The summed E-state index contributed by atoms with van der Waals surface area (Å²) in [6.07, 6.45) is 3.60. The first kappa shape index (κ1) is 9.47. The lowest BCUT2D eigenvalue weighted by atomic mass is 9.81. The van der Waals surface area contributed by atoms with Crippen LogP contribution in [-0.4, -0.2) is 15.9 Å². The van der Waals surface area contributed by atoms with Crippen molar-refractivity contribution in [2.75, 3.05) is 0 Å². The van der Waals surface area contributed by atoms with Gasteiger partial charge in [-0.15, -0.1) is 0 Å².